The van der Waals surface area contributed by atoms with Crippen LogP contribution in [0.25, 0.3) is 0 Å². The summed E-state index contributed by atoms with van der Waals surface area (Å²) in [5.41, 5.74) is 1.21. The molecule has 1 fully saturated rings. The number of fused-ring (bicyclic) bond motifs is 1. The lowest BCUT2D eigenvalue weighted by molar-refractivity contribution is 0.171. The second kappa shape index (κ2) is 3.31. The van der Waals surface area contributed by atoms with Crippen molar-refractivity contribution in [2.24, 2.45) is 0 Å². The lowest BCUT2D eigenvalue weighted by Gasteiger charge is -2.28. The summed E-state index contributed by atoms with van der Waals surface area (Å²) in [5, 5.41) is 3.35. The van der Waals surface area contributed by atoms with Crippen molar-refractivity contribution in [1.82, 2.24) is 5.32 Å². The average molecular weight is 207 g/mol. The van der Waals surface area contributed by atoms with E-state index in [-0.39, 0.29) is 6.79 Å². The molecule has 1 aromatic rings. The molecule has 1 atom stereocenters. The van der Waals surface area contributed by atoms with Gasteiger partial charge in [0.05, 0.1) is 7.11 Å². The Labute approximate surface area is 88.1 Å². The third kappa shape index (κ3) is 1.33. The van der Waals surface area contributed by atoms with Crippen molar-refractivity contribution in [2.75, 3.05) is 20.4 Å². The van der Waals surface area contributed by atoms with Crippen LogP contribution >= 0.6 is 0 Å². The van der Waals surface area contributed by atoms with E-state index in [1.807, 2.05) is 12.1 Å². The lowest BCUT2D eigenvalue weighted by Crippen LogP contribution is -2.34. The maximum Gasteiger partial charge on any atom is 0.231 e. The second-order valence-corrected chi connectivity index (χ2v) is 3.75. The molecule has 0 spiro atoms. The minimum atomic E-state index is 0.285. The van der Waals surface area contributed by atoms with Crippen LogP contribution in [0.15, 0.2) is 12.1 Å². The van der Waals surface area contributed by atoms with Crippen molar-refractivity contribution in [2.45, 2.75) is 12.5 Å². The Hall–Kier alpha value is -1.42. The van der Waals surface area contributed by atoms with E-state index >= 15 is 0 Å². The van der Waals surface area contributed by atoms with Crippen molar-refractivity contribution < 1.29 is 14.2 Å². The molecule has 0 saturated carbocycles. The molecule has 15 heavy (non-hydrogen) atoms. The molecule has 80 valence electrons. The quantitative estimate of drug-likeness (QED) is 0.797. The van der Waals surface area contributed by atoms with Gasteiger partial charge in [0.15, 0.2) is 11.5 Å². The molecule has 2 heterocycles. The summed E-state index contributed by atoms with van der Waals surface area (Å²) in [4.78, 5) is 0. The van der Waals surface area contributed by atoms with E-state index in [4.69, 9.17) is 14.2 Å². The van der Waals surface area contributed by atoms with Gasteiger partial charge in [-0.1, -0.05) is 0 Å². The predicted molar refractivity (Wildman–Crippen MR) is 54.5 cm³/mol. The summed E-state index contributed by atoms with van der Waals surface area (Å²) in [6.07, 6.45) is 1.17. The predicted octanol–water partition coefficient (Wildman–Crippen LogP) is 1.46. The number of ether oxygens (including phenoxy) is 3. The molecule has 1 unspecified atom stereocenters. The maximum atomic E-state index is 5.37. The molecule has 0 aliphatic carbocycles. The zero-order valence-corrected chi connectivity index (χ0v) is 8.58. The van der Waals surface area contributed by atoms with Gasteiger partial charge in [0, 0.05) is 6.04 Å². The smallest absolute Gasteiger partial charge is 0.231 e. The molecule has 0 bridgehead atoms. The molecule has 3 rings (SSSR count). The maximum absolute atomic E-state index is 5.37. The summed E-state index contributed by atoms with van der Waals surface area (Å²) in [7, 11) is 1.65. The Balaban J connectivity index is 2.02. The van der Waals surface area contributed by atoms with E-state index in [1.165, 1.54) is 12.0 Å². The van der Waals surface area contributed by atoms with Crippen LogP contribution in [-0.2, 0) is 0 Å². The van der Waals surface area contributed by atoms with Crippen molar-refractivity contribution in [3.05, 3.63) is 17.7 Å². The first-order chi connectivity index (χ1) is 7.38. The minimum Gasteiger partial charge on any atom is -0.493 e. The number of methoxy groups -OCH3 is 1. The van der Waals surface area contributed by atoms with Crippen LogP contribution in [0.2, 0.25) is 0 Å². The van der Waals surface area contributed by atoms with Gasteiger partial charge in [0.1, 0.15) is 0 Å². The van der Waals surface area contributed by atoms with E-state index in [2.05, 4.69) is 5.32 Å². The van der Waals surface area contributed by atoms with Crippen LogP contribution in [0.4, 0.5) is 0 Å². The molecule has 4 nitrogen and oxygen atoms in total. The SMILES string of the molecule is COc1cc(C2CCN2)cc2c1OCO2. The average Bonchev–Trinajstić information content (AvgIpc) is 2.61. The first-order valence-corrected chi connectivity index (χ1v) is 5.09. The highest BCUT2D eigenvalue weighted by Gasteiger charge is 2.25. The number of nitrogens with one attached hydrogen (secondary N) is 1. The fourth-order valence-corrected chi connectivity index (χ4v) is 1.92. The number of hydrogen-bond donors (Lipinski definition) is 1. The van der Waals surface area contributed by atoms with Crippen LogP contribution < -0.4 is 19.5 Å². The van der Waals surface area contributed by atoms with E-state index in [0.29, 0.717) is 6.04 Å². The van der Waals surface area contributed by atoms with Crippen LogP contribution in [0.1, 0.15) is 18.0 Å². The number of hydrogen-bond acceptors (Lipinski definition) is 4. The summed E-state index contributed by atoms with van der Waals surface area (Å²) < 4.78 is 16.0. The topological polar surface area (TPSA) is 39.7 Å². The van der Waals surface area contributed by atoms with Crippen molar-refractivity contribution in [3.8, 4) is 17.2 Å². The molecular formula is C11H13NO3. The first kappa shape index (κ1) is 8.85. The fraction of sp³-hybridized carbons (Fsp3) is 0.455. The standard InChI is InChI=1S/C11H13NO3/c1-13-9-4-7(8-2-3-12-8)5-10-11(9)15-6-14-10/h4-5,8,12H,2-3,6H2,1H3. The zero-order valence-electron chi connectivity index (χ0n) is 8.58. The third-order valence-corrected chi connectivity index (χ3v) is 2.91. The van der Waals surface area contributed by atoms with Crippen molar-refractivity contribution in [3.63, 3.8) is 0 Å². The Morgan fingerprint density at radius 2 is 2.27 bits per heavy atom. The Bertz CT molecular complexity index is 388. The molecule has 1 N–H and O–H groups in total. The van der Waals surface area contributed by atoms with E-state index < -0.39 is 0 Å². The highest BCUT2D eigenvalue weighted by molar-refractivity contribution is 5.55. The van der Waals surface area contributed by atoms with E-state index in [9.17, 15) is 0 Å². The Morgan fingerprint density at radius 1 is 1.40 bits per heavy atom. The van der Waals surface area contributed by atoms with Gasteiger partial charge in [0.2, 0.25) is 12.5 Å². The molecule has 2 aliphatic rings. The van der Waals surface area contributed by atoms with Gasteiger partial charge in [-0.2, -0.15) is 0 Å². The summed E-state index contributed by atoms with van der Waals surface area (Å²) >= 11 is 0. The van der Waals surface area contributed by atoms with Crippen molar-refractivity contribution >= 4 is 0 Å². The summed E-state index contributed by atoms with van der Waals surface area (Å²) in [6, 6.07) is 4.49. The van der Waals surface area contributed by atoms with Crippen molar-refractivity contribution in [1.29, 1.82) is 0 Å². The van der Waals surface area contributed by atoms with Crippen LogP contribution in [0.3, 0.4) is 0 Å². The minimum absolute atomic E-state index is 0.285. The second-order valence-electron chi connectivity index (χ2n) is 3.75. The molecule has 1 aromatic carbocycles. The first-order valence-electron chi connectivity index (χ1n) is 5.09. The Kier molecular flexibility index (Phi) is 1.95. The third-order valence-electron chi connectivity index (χ3n) is 2.91. The van der Waals surface area contributed by atoms with Crippen LogP contribution in [-0.4, -0.2) is 20.4 Å². The molecule has 0 amide bonds. The van der Waals surface area contributed by atoms with Crippen LogP contribution in [0, 0.1) is 0 Å². The van der Waals surface area contributed by atoms with Crippen LogP contribution in [0.5, 0.6) is 17.2 Å². The van der Waals surface area contributed by atoms with E-state index in [0.717, 1.165) is 23.8 Å². The summed E-state index contributed by atoms with van der Waals surface area (Å²) in [5.74, 6) is 2.27. The molecule has 2 aliphatic heterocycles. The van der Waals surface area contributed by atoms with Gasteiger partial charge in [-0.3, -0.25) is 0 Å². The zero-order chi connectivity index (χ0) is 10.3. The lowest BCUT2D eigenvalue weighted by atomic mass is 9.97. The highest BCUT2D eigenvalue weighted by atomic mass is 16.7. The highest BCUT2D eigenvalue weighted by Crippen LogP contribution is 2.43. The van der Waals surface area contributed by atoms with E-state index in [1.54, 1.807) is 7.11 Å². The van der Waals surface area contributed by atoms with Gasteiger partial charge in [-0.15, -0.1) is 0 Å². The number of benzene rings is 1. The molecular weight excluding hydrogens is 194 g/mol. The van der Waals surface area contributed by atoms with Gasteiger partial charge >= 0.3 is 0 Å². The molecule has 1 saturated heterocycles. The largest absolute Gasteiger partial charge is 0.493 e. The van der Waals surface area contributed by atoms with Gasteiger partial charge in [0.25, 0.3) is 0 Å². The molecule has 0 aromatic heterocycles. The normalized spacial score (nSPS) is 22.3. The fourth-order valence-electron chi connectivity index (χ4n) is 1.92. The summed E-state index contributed by atoms with van der Waals surface area (Å²) in [6.45, 7) is 1.37. The van der Waals surface area contributed by atoms with Gasteiger partial charge in [-0.05, 0) is 30.7 Å². The Morgan fingerprint density at radius 3 is 2.93 bits per heavy atom. The monoisotopic (exact) mass is 207 g/mol. The number of rotatable bonds is 2. The van der Waals surface area contributed by atoms with Gasteiger partial charge < -0.3 is 19.5 Å². The van der Waals surface area contributed by atoms with Gasteiger partial charge in [-0.25, -0.2) is 0 Å². The molecule has 0 radical (unpaired) electrons. The molecule has 4 heteroatoms.